The molecule has 110 valence electrons. The minimum absolute atomic E-state index is 0.181. The third-order valence-electron chi connectivity index (χ3n) is 2.97. The first-order valence-corrected chi connectivity index (χ1v) is 8.62. The highest BCUT2D eigenvalue weighted by Gasteiger charge is 2.24. The zero-order valence-corrected chi connectivity index (χ0v) is 14.1. The molecule has 0 aliphatic carbocycles. The van der Waals surface area contributed by atoms with Crippen LogP contribution in [0, 0.1) is 6.92 Å². The fraction of sp³-hybridized carbons (Fsp3) is 0.125. The predicted molar refractivity (Wildman–Crippen MR) is 90.2 cm³/mol. The summed E-state index contributed by atoms with van der Waals surface area (Å²) in [5.74, 6) is 0. The molecule has 5 heteroatoms. The lowest BCUT2D eigenvalue weighted by Crippen LogP contribution is -2.32. The van der Waals surface area contributed by atoms with Gasteiger partial charge in [0.2, 0.25) is 0 Å². The monoisotopic (exact) mass is 365 g/mol. The molecule has 0 radical (unpaired) electrons. The molecule has 0 fully saturated rings. The quantitative estimate of drug-likeness (QED) is 0.799. The number of anilines is 1. The summed E-state index contributed by atoms with van der Waals surface area (Å²) >= 11 is 3.25. The fourth-order valence-electron chi connectivity index (χ4n) is 1.90. The van der Waals surface area contributed by atoms with Crippen molar-refractivity contribution < 1.29 is 8.42 Å². The molecule has 0 bridgehead atoms. The Morgan fingerprint density at radius 2 is 1.67 bits per heavy atom. The molecule has 0 heterocycles. The molecule has 21 heavy (non-hydrogen) atoms. The van der Waals surface area contributed by atoms with E-state index in [1.807, 2.05) is 25.1 Å². The van der Waals surface area contributed by atoms with E-state index in [1.54, 1.807) is 36.4 Å². The fourth-order valence-corrected chi connectivity index (χ4v) is 3.78. The Bertz CT molecular complexity index is 725. The van der Waals surface area contributed by atoms with Crippen LogP contribution in [0.1, 0.15) is 5.56 Å². The molecule has 0 saturated carbocycles. The Balaban J connectivity index is 2.49. The Labute approximate surface area is 134 Å². The molecule has 0 aliphatic heterocycles. The van der Waals surface area contributed by atoms with Crippen molar-refractivity contribution in [1.29, 1.82) is 0 Å². The summed E-state index contributed by atoms with van der Waals surface area (Å²) in [7, 11) is -3.62. The van der Waals surface area contributed by atoms with Gasteiger partial charge in [-0.3, -0.25) is 4.31 Å². The summed E-state index contributed by atoms with van der Waals surface area (Å²) in [5.41, 5.74) is 1.63. The van der Waals surface area contributed by atoms with Gasteiger partial charge in [0.05, 0.1) is 17.1 Å². The highest BCUT2D eigenvalue weighted by molar-refractivity contribution is 9.11. The van der Waals surface area contributed by atoms with Crippen LogP contribution in [0.2, 0.25) is 0 Å². The molecular weight excluding hydrogens is 350 g/mol. The van der Waals surface area contributed by atoms with Crippen molar-refractivity contribution in [3.8, 4) is 0 Å². The van der Waals surface area contributed by atoms with Crippen LogP contribution in [0.25, 0.3) is 0 Å². The van der Waals surface area contributed by atoms with E-state index in [0.717, 1.165) is 5.56 Å². The standard InChI is InChI=1S/C16H16BrNO2S/c1-13-8-10-16(11-9-13)21(19,20)18(12-14(2)17)15-6-4-3-5-7-15/h3-11H,2,12H2,1H3. The summed E-state index contributed by atoms with van der Waals surface area (Å²) in [6, 6.07) is 15.8. The zero-order chi connectivity index (χ0) is 15.5. The van der Waals surface area contributed by atoms with E-state index in [2.05, 4.69) is 22.5 Å². The van der Waals surface area contributed by atoms with E-state index in [0.29, 0.717) is 10.2 Å². The molecule has 0 unspecified atom stereocenters. The van der Waals surface area contributed by atoms with Crippen LogP contribution >= 0.6 is 15.9 Å². The van der Waals surface area contributed by atoms with Crippen LogP contribution < -0.4 is 4.31 Å². The molecule has 0 amide bonds. The predicted octanol–water partition coefficient (Wildman–Crippen LogP) is 4.10. The number of nitrogens with zero attached hydrogens (tertiary/aromatic N) is 1. The summed E-state index contributed by atoms with van der Waals surface area (Å²) in [5, 5.41) is 0. The average molecular weight is 366 g/mol. The average Bonchev–Trinajstić information content (AvgIpc) is 2.46. The molecule has 2 aromatic carbocycles. The van der Waals surface area contributed by atoms with E-state index >= 15 is 0 Å². The molecule has 0 N–H and O–H groups in total. The zero-order valence-electron chi connectivity index (χ0n) is 11.7. The van der Waals surface area contributed by atoms with E-state index in [1.165, 1.54) is 4.31 Å². The van der Waals surface area contributed by atoms with Crippen molar-refractivity contribution in [3.05, 3.63) is 71.2 Å². The van der Waals surface area contributed by atoms with Gasteiger partial charge in [0.1, 0.15) is 0 Å². The molecule has 2 aromatic rings. The van der Waals surface area contributed by atoms with Crippen LogP contribution in [0.4, 0.5) is 5.69 Å². The smallest absolute Gasteiger partial charge is 0.261 e. The van der Waals surface area contributed by atoms with Crippen molar-refractivity contribution in [2.75, 3.05) is 10.8 Å². The lowest BCUT2D eigenvalue weighted by Gasteiger charge is -2.24. The van der Waals surface area contributed by atoms with Gasteiger partial charge in [-0.15, -0.1) is 0 Å². The molecule has 0 spiro atoms. The van der Waals surface area contributed by atoms with E-state index in [4.69, 9.17) is 0 Å². The number of halogens is 1. The van der Waals surface area contributed by atoms with Crippen LogP contribution in [0.15, 0.2) is 70.6 Å². The van der Waals surface area contributed by atoms with Gasteiger partial charge in [0, 0.05) is 4.48 Å². The van der Waals surface area contributed by atoms with Gasteiger partial charge in [-0.1, -0.05) is 58.4 Å². The van der Waals surface area contributed by atoms with Crippen LogP contribution in [0.3, 0.4) is 0 Å². The highest BCUT2D eigenvalue weighted by Crippen LogP contribution is 2.25. The van der Waals surface area contributed by atoms with E-state index < -0.39 is 10.0 Å². The molecular formula is C16H16BrNO2S. The molecule has 3 nitrogen and oxygen atoms in total. The van der Waals surface area contributed by atoms with Gasteiger partial charge in [-0.25, -0.2) is 8.42 Å². The second-order valence-electron chi connectivity index (χ2n) is 4.68. The van der Waals surface area contributed by atoms with Gasteiger partial charge in [-0.2, -0.15) is 0 Å². The molecule has 0 aliphatic rings. The topological polar surface area (TPSA) is 37.4 Å². The maximum atomic E-state index is 12.8. The Hall–Kier alpha value is -1.59. The van der Waals surface area contributed by atoms with Crippen molar-refractivity contribution in [2.24, 2.45) is 0 Å². The van der Waals surface area contributed by atoms with Crippen molar-refractivity contribution in [2.45, 2.75) is 11.8 Å². The summed E-state index contributed by atoms with van der Waals surface area (Å²) in [6.45, 7) is 5.86. The van der Waals surface area contributed by atoms with Crippen molar-refractivity contribution >= 4 is 31.6 Å². The van der Waals surface area contributed by atoms with Crippen molar-refractivity contribution in [3.63, 3.8) is 0 Å². The SMILES string of the molecule is C=C(Br)CN(c1ccccc1)S(=O)(=O)c1ccc(C)cc1. The Morgan fingerprint density at radius 3 is 2.19 bits per heavy atom. The molecule has 0 aromatic heterocycles. The highest BCUT2D eigenvalue weighted by atomic mass is 79.9. The normalized spacial score (nSPS) is 11.1. The van der Waals surface area contributed by atoms with Gasteiger partial charge < -0.3 is 0 Å². The minimum atomic E-state index is -3.62. The number of hydrogen-bond donors (Lipinski definition) is 0. The largest absolute Gasteiger partial charge is 0.264 e. The van der Waals surface area contributed by atoms with E-state index in [9.17, 15) is 8.42 Å². The first-order chi connectivity index (χ1) is 9.91. The number of para-hydroxylation sites is 1. The second kappa shape index (κ2) is 6.45. The van der Waals surface area contributed by atoms with Crippen LogP contribution in [-0.2, 0) is 10.0 Å². The number of hydrogen-bond acceptors (Lipinski definition) is 2. The van der Waals surface area contributed by atoms with E-state index in [-0.39, 0.29) is 11.4 Å². The maximum absolute atomic E-state index is 12.8. The Morgan fingerprint density at radius 1 is 1.10 bits per heavy atom. The van der Waals surface area contributed by atoms with Crippen LogP contribution in [0.5, 0.6) is 0 Å². The van der Waals surface area contributed by atoms with Gasteiger partial charge in [0.15, 0.2) is 0 Å². The second-order valence-corrected chi connectivity index (χ2v) is 7.66. The molecule has 0 atom stereocenters. The summed E-state index contributed by atoms with van der Waals surface area (Å²) in [6.07, 6.45) is 0. The van der Waals surface area contributed by atoms with Gasteiger partial charge in [-0.05, 0) is 31.2 Å². The number of aryl methyl sites for hydroxylation is 1. The third-order valence-corrected chi connectivity index (χ3v) is 5.01. The lowest BCUT2D eigenvalue weighted by molar-refractivity contribution is 0.592. The first kappa shape index (κ1) is 15.8. The summed E-state index contributed by atoms with van der Waals surface area (Å²) < 4.78 is 27.6. The first-order valence-electron chi connectivity index (χ1n) is 6.39. The molecule has 2 rings (SSSR count). The van der Waals surface area contributed by atoms with Crippen molar-refractivity contribution in [1.82, 2.24) is 0 Å². The number of rotatable bonds is 5. The minimum Gasteiger partial charge on any atom is -0.261 e. The lowest BCUT2D eigenvalue weighted by atomic mass is 10.2. The third kappa shape index (κ3) is 3.74. The maximum Gasteiger partial charge on any atom is 0.264 e. The molecule has 0 saturated heterocycles. The number of benzene rings is 2. The van der Waals surface area contributed by atoms with Gasteiger partial charge >= 0.3 is 0 Å². The summed E-state index contributed by atoms with van der Waals surface area (Å²) in [4.78, 5) is 0.269. The van der Waals surface area contributed by atoms with Crippen LogP contribution in [-0.4, -0.2) is 15.0 Å². The van der Waals surface area contributed by atoms with Gasteiger partial charge in [0.25, 0.3) is 10.0 Å². The number of sulfonamides is 1. The Kier molecular flexibility index (Phi) is 4.85.